The van der Waals surface area contributed by atoms with Crippen LogP contribution in [-0.4, -0.2) is 138 Å². The largest absolute Gasteiger partial charge is 0 e. The number of unbranched alkanes of at least 4 members (excludes halogenated alkanes) is 1. The van der Waals surface area contributed by atoms with Crippen molar-refractivity contribution in [2.75, 3.05) is 44.1 Å². The predicted octanol–water partition coefficient (Wildman–Crippen LogP) is -0.972. The minimum absolute atomic E-state index is 0. The number of benzene rings is 1. The average molecular weight is 1020 g/mol. The van der Waals surface area contributed by atoms with E-state index >= 15 is 0 Å². The Balaban J connectivity index is 0. The number of hydrogen-bond acceptors (Lipinski definition) is 12. The summed E-state index contributed by atoms with van der Waals surface area (Å²) >= 11 is -2.46. The molecule has 24 nitrogen and oxygen atoms in total. The topological polar surface area (TPSA) is 350 Å². The van der Waals surface area contributed by atoms with Gasteiger partial charge in [-0.25, -0.2) is 9.97 Å². The number of nitrogens with zero attached hydrogens (tertiary/aromatic N) is 7. The van der Waals surface area contributed by atoms with Gasteiger partial charge in [-0.1, -0.05) is 0 Å². The van der Waals surface area contributed by atoms with Gasteiger partial charge in [-0.2, -0.15) is 0 Å². The SMILES string of the molecule is O=C(O)CN(CC(=O)O)C(=O)Cn1ccnc1CN(CCCCOc1ccc(NS(=O)[O-])cc1)Cc1nccn1CC(=O)N(CC(=O)O)CC(=O)O.[C-]#[O+].[C-]#[O+].[C-]#[O+].[Re]. The fourth-order valence-electron chi connectivity index (χ4n) is 4.84. The summed E-state index contributed by atoms with van der Waals surface area (Å²) in [6.45, 7) is 10.4. The number of carbonyl (C=O) groups excluding carboxylic acids is 2. The van der Waals surface area contributed by atoms with Gasteiger partial charge < -0.3 is 53.4 Å². The van der Waals surface area contributed by atoms with Gasteiger partial charge in [-0.05, 0) is 43.7 Å². The molecule has 0 aliphatic rings. The number of rotatable bonds is 24. The molecule has 1 atom stereocenters. The number of carboxylic acids is 4. The van der Waals surface area contributed by atoms with Crippen LogP contribution in [0.15, 0.2) is 49.1 Å². The third-order valence-electron chi connectivity index (χ3n) is 7.15. The maximum atomic E-state index is 12.9. The van der Waals surface area contributed by atoms with E-state index in [1.807, 2.05) is 4.90 Å². The molecule has 0 aliphatic heterocycles. The summed E-state index contributed by atoms with van der Waals surface area (Å²) in [5, 5.41) is 36.6. The summed E-state index contributed by atoms with van der Waals surface area (Å²) in [6, 6.07) is 6.28. The first kappa shape index (κ1) is 55.1. The number of amides is 2. The third kappa shape index (κ3) is 22.5. The van der Waals surface area contributed by atoms with Crippen LogP contribution < -0.4 is 9.46 Å². The van der Waals surface area contributed by atoms with Gasteiger partial charge in [0.2, 0.25) is 11.8 Å². The quantitative estimate of drug-likeness (QED) is 0.0312. The number of carboxylic acid groups (broad SMARTS) is 4. The van der Waals surface area contributed by atoms with E-state index in [1.54, 1.807) is 12.1 Å². The Bertz CT molecular complexity index is 1750. The number of carbonyl (C=O) groups is 6. The molecule has 5 N–H and O–H groups in total. The summed E-state index contributed by atoms with van der Waals surface area (Å²) in [6.07, 6.45) is 6.91. The van der Waals surface area contributed by atoms with Gasteiger partial charge in [0.05, 0.1) is 19.7 Å². The Morgan fingerprint density at radius 3 is 1.46 bits per heavy atom. The number of aliphatic carboxylic acids is 4. The second kappa shape index (κ2) is 31.1. The van der Waals surface area contributed by atoms with Crippen molar-refractivity contribution in [3.05, 3.63) is 80.7 Å². The number of imidazole rings is 2. The molecule has 0 aliphatic carbocycles. The van der Waals surface area contributed by atoms with Gasteiger partial charge in [0, 0.05) is 62.2 Å². The molecule has 1 radical (unpaired) electrons. The van der Waals surface area contributed by atoms with Gasteiger partial charge in [-0.3, -0.25) is 37.9 Å². The summed E-state index contributed by atoms with van der Waals surface area (Å²) in [5.74, 6) is -5.82. The first-order chi connectivity index (χ1) is 27.7. The van der Waals surface area contributed by atoms with Gasteiger partial charge in [0.1, 0.15) is 56.7 Å². The van der Waals surface area contributed by atoms with E-state index in [4.69, 9.17) is 39.1 Å². The van der Waals surface area contributed by atoms with E-state index in [2.05, 4.69) is 34.6 Å². The van der Waals surface area contributed by atoms with Crippen molar-refractivity contribution in [1.82, 2.24) is 33.8 Å². The van der Waals surface area contributed by atoms with Gasteiger partial charge in [0.25, 0.3) is 0 Å². The van der Waals surface area contributed by atoms with E-state index < -0.39 is 86.2 Å². The number of hydrogen-bond donors (Lipinski definition) is 5. The Labute approximate surface area is 352 Å². The van der Waals surface area contributed by atoms with Gasteiger partial charge >= 0.3 is 57.8 Å². The fourth-order valence-corrected chi connectivity index (χ4v) is 5.17. The molecule has 2 amide bonds. The zero-order valence-corrected chi connectivity index (χ0v) is 34.2. The van der Waals surface area contributed by atoms with Crippen molar-refractivity contribution in [2.24, 2.45) is 0 Å². The smallest absolute Gasteiger partial charge is 0 e. The van der Waals surface area contributed by atoms with E-state index in [1.165, 1.54) is 46.1 Å². The normalized spacial score (nSPS) is 10.2. The molecule has 59 heavy (non-hydrogen) atoms. The van der Waals surface area contributed by atoms with Gasteiger partial charge in [-0.15, -0.1) is 0 Å². The van der Waals surface area contributed by atoms with Crippen LogP contribution in [0.25, 0.3) is 0 Å². The van der Waals surface area contributed by atoms with Crippen LogP contribution in [0.3, 0.4) is 0 Å². The molecule has 26 heteroatoms. The molecule has 0 bridgehead atoms. The van der Waals surface area contributed by atoms with Crippen LogP contribution >= 0.6 is 0 Å². The predicted molar refractivity (Wildman–Crippen MR) is 188 cm³/mol. The molecule has 0 spiro atoms. The van der Waals surface area contributed by atoms with E-state index in [-0.39, 0.29) is 33.5 Å². The van der Waals surface area contributed by atoms with Gasteiger partial charge in [0.15, 0.2) is 0 Å². The van der Waals surface area contributed by atoms with Crippen LogP contribution in [0.1, 0.15) is 24.5 Å². The Morgan fingerprint density at radius 2 is 1.10 bits per heavy atom. The first-order valence-corrected chi connectivity index (χ1v) is 17.1. The minimum Gasteiger partial charge on any atom is 0 e. The summed E-state index contributed by atoms with van der Waals surface area (Å²) in [5.41, 5.74) is 0.365. The third-order valence-corrected chi connectivity index (χ3v) is 7.55. The summed E-state index contributed by atoms with van der Waals surface area (Å²) in [4.78, 5) is 82.7. The van der Waals surface area contributed by atoms with Crippen molar-refractivity contribution in [3.63, 3.8) is 0 Å². The van der Waals surface area contributed by atoms with Crippen molar-refractivity contribution in [1.29, 1.82) is 0 Å². The molecule has 1 unspecified atom stereocenters. The molecule has 319 valence electrons. The molecule has 1 aromatic carbocycles. The molecule has 0 fully saturated rings. The fraction of sp³-hybridized carbons (Fsp3) is 0.364. The molecular formula is C33H37N8O16ReS-. The summed E-state index contributed by atoms with van der Waals surface area (Å²) in [7, 11) is 0. The van der Waals surface area contributed by atoms with Crippen molar-refractivity contribution < 1.29 is 97.1 Å². The Kier molecular flexibility index (Phi) is 29.0. The van der Waals surface area contributed by atoms with E-state index in [0.29, 0.717) is 58.9 Å². The monoisotopic (exact) mass is 1020 g/mol. The molecule has 3 rings (SSSR count). The number of ether oxygens (including phenoxy) is 1. The van der Waals surface area contributed by atoms with E-state index in [9.17, 15) is 37.5 Å². The Hall–Kier alpha value is -5.99. The maximum Gasteiger partial charge on any atom is 0 e. The number of anilines is 1. The average Bonchev–Trinajstić information content (AvgIpc) is 3.81. The Morgan fingerprint density at radius 1 is 0.712 bits per heavy atom. The molecule has 0 saturated carbocycles. The number of nitrogens with one attached hydrogen (secondary N) is 1. The van der Waals surface area contributed by atoms with Crippen LogP contribution in [0.2, 0.25) is 0 Å². The number of aromatic nitrogens is 4. The van der Waals surface area contributed by atoms with Crippen molar-refractivity contribution in [2.45, 2.75) is 39.0 Å². The standard InChI is InChI=1S/C30H38N8O13S.3CO.Re/c39-25(37(17-27(41)42)18-28(43)44)15-35-10-7-31-23(35)13-34(9-1-2-12-51-22-5-3-21(4-6-22)33-52(49)50)14-24-32-8-11-36(24)16-26(40)38(19-29(45)46)20-30(47)48;3*1-2;/h3-8,10-11,33H,1-2,9,12-20H2,(H,41,42)(H,43,44)(H,45,46)(H,47,48)(H,49,50);;;;/p-1. The van der Waals surface area contributed by atoms with Crippen molar-refractivity contribution in [3.8, 4) is 5.75 Å². The zero-order valence-electron chi connectivity index (χ0n) is 30.7. The zero-order chi connectivity index (χ0) is 44.2. The molecule has 0 saturated heterocycles. The molecular weight excluding hydrogens is 983 g/mol. The van der Waals surface area contributed by atoms with Crippen LogP contribution in [0.4, 0.5) is 5.69 Å². The second-order valence-corrected chi connectivity index (χ2v) is 11.8. The van der Waals surface area contributed by atoms with Crippen LogP contribution in [0.5, 0.6) is 5.75 Å². The van der Waals surface area contributed by atoms with Crippen LogP contribution in [0, 0.1) is 20.0 Å². The summed E-state index contributed by atoms with van der Waals surface area (Å²) < 4.78 is 55.0. The molecule has 2 aromatic heterocycles. The van der Waals surface area contributed by atoms with Crippen LogP contribution in [-0.2, 0) is 101 Å². The molecule has 2 heterocycles. The second-order valence-electron chi connectivity index (χ2n) is 11.1. The maximum absolute atomic E-state index is 12.9. The molecule has 3 aromatic rings. The van der Waals surface area contributed by atoms with Crippen molar-refractivity contribution >= 4 is 52.6 Å². The minimum atomic E-state index is -2.46. The first-order valence-electron chi connectivity index (χ1n) is 16.0. The van der Waals surface area contributed by atoms with E-state index in [0.717, 1.165) is 0 Å².